The third-order valence-electron chi connectivity index (χ3n) is 4.11. The summed E-state index contributed by atoms with van der Waals surface area (Å²) >= 11 is 0. The first kappa shape index (κ1) is 19.7. The summed E-state index contributed by atoms with van der Waals surface area (Å²) in [4.78, 5) is 23.9. The number of benzene rings is 2. The number of carbonyl (C=O) groups excluding carboxylic acids is 2. The molecule has 1 heterocycles. The molecule has 8 nitrogen and oxygen atoms in total. The van der Waals surface area contributed by atoms with E-state index in [1.54, 1.807) is 24.3 Å². The maximum atomic E-state index is 13.2. The van der Waals surface area contributed by atoms with Crippen LogP contribution in [0.2, 0.25) is 0 Å². The zero-order valence-electron chi connectivity index (χ0n) is 15.2. The van der Waals surface area contributed by atoms with E-state index in [0.717, 1.165) is 6.07 Å². The third-order valence-corrected chi connectivity index (χ3v) is 4.11. The van der Waals surface area contributed by atoms with Gasteiger partial charge < -0.3 is 15.0 Å². The molecule has 0 radical (unpaired) electrons. The Labute approximate surface area is 164 Å². The minimum atomic E-state index is -0.747. The van der Waals surface area contributed by atoms with Gasteiger partial charge in [-0.15, -0.1) is 10.2 Å². The Kier molecular flexibility index (Phi) is 5.94. The Morgan fingerprint density at radius 1 is 1.21 bits per heavy atom. The smallest absolute Gasteiger partial charge is 0.283 e. The molecule has 0 aliphatic carbocycles. The van der Waals surface area contributed by atoms with E-state index in [2.05, 4.69) is 15.5 Å². The normalized spacial score (nSPS) is 10.9. The zero-order valence-corrected chi connectivity index (χ0v) is 15.2. The number of carbonyl (C=O) groups is 2. The van der Waals surface area contributed by atoms with Gasteiger partial charge in [0.05, 0.1) is 18.0 Å². The third kappa shape index (κ3) is 4.44. The fraction of sp³-hybridized carbons (Fsp3) is 0.150. The fourth-order valence-corrected chi connectivity index (χ4v) is 2.79. The number of amides is 2. The van der Waals surface area contributed by atoms with E-state index < -0.39 is 24.2 Å². The van der Waals surface area contributed by atoms with Crippen molar-refractivity contribution in [2.75, 3.05) is 6.54 Å². The van der Waals surface area contributed by atoms with Gasteiger partial charge in [0.15, 0.2) is 5.69 Å². The van der Waals surface area contributed by atoms with Crippen LogP contribution in [0.4, 0.5) is 10.1 Å². The summed E-state index contributed by atoms with van der Waals surface area (Å²) in [6.07, 6.45) is 0.188. The van der Waals surface area contributed by atoms with Gasteiger partial charge in [0, 0.05) is 17.5 Å². The number of hydrogen-bond donors (Lipinski definition) is 2. The van der Waals surface area contributed by atoms with Gasteiger partial charge in [-0.25, -0.2) is 4.39 Å². The van der Waals surface area contributed by atoms with E-state index in [-0.39, 0.29) is 30.1 Å². The number of hydrogen-bond acceptors (Lipinski definition) is 5. The van der Waals surface area contributed by atoms with Gasteiger partial charge in [0.25, 0.3) is 11.8 Å². The Morgan fingerprint density at radius 3 is 2.76 bits per heavy atom. The molecule has 2 amide bonds. The maximum absolute atomic E-state index is 13.2. The minimum Gasteiger partial charge on any atom is -0.493 e. The van der Waals surface area contributed by atoms with Crippen LogP contribution in [0.15, 0.2) is 58.8 Å². The largest absolute Gasteiger partial charge is 0.493 e. The Hall–Kier alpha value is -4.06. The second-order valence-corrected chi connectivity index (χ2v) is 6.04. The summed E-state index contributed by atoms with van der Waals surface area (Å²) in [6, 6.07) is 14.1. The fourth-order valence-electron chi connectivity index (χ4n) is 2.79. The predicted molar refractivity (Wildman–Crippen MR) is 102 cm³/mol. The van der Waals surface area contributed by atoms with Crippen LogP contribution < -0.4 is 5.32 Å². The lowest BCUT2D eigenvalue weighted by Crippen LogP contribution is -2.28. The molecule has 0 bridgehead atoms. The van der Waals surface area contributed by atoms with Crippen molar-refractivity contribution in [3.8, 4) is 11.9 Å². The molecule has 0 atom stereocenters. The maximum Gasteiger partial charge on any atom is 0.283 e. The molecular formula is C20H16FN5O3. The average Bonchev–Trinajstić information content (AvgIpc) is 2.99. The van der Waals surface area contributed by atoms with Crippen LogP contribution in [0.1, 0.15) is 16.8 Å². The van der Waals surface area contributed by atoms with Gasteiger partial charge in [-0.05, 0) is 24.3 Å². The van der Waals surface area contributed by atoms with Crippen LogP contribution in [0.25, 0.3) is 10.9 Å². The molecule has 29 heavy (non-hydrogen) atoms. The van der Waals surface area contributed by atoms with Gasteiger partial charge in [-0.3, -0.25) is 9.59 Å². The number of nitriles is 1. The highest BCUT2D eigenvalue weighted by Gasteiger charge is 2.16. The van der Waals surface area contributed by atoms with E-state index in [0.29, 0.717) is 10.9 Å². The van der Waals surface area contributed by atoms with Gasteiger partial charge in [-0.1, -0.05) is 24.3 Å². The molecule has 0 unspecified atom stereocenters. The van der Waals surface area contributed by atoms with Gasteiger partial charge >= 0.3 is 0 Å². The van der Waals surface area contributed by atoms with Crippen molar-refractivity contribution in [2.24, 2.45) is 10.2 Å². The van der Waals surface area contributed by atoms with Gasteiger partial charge in [0.1, 0.15) is 12.4 Å². The predicted octanol–water partition coefficient (Wildman–Crippen LogP) is 3.44. The molecule has 0 aliphatic rings. The standard InChI is InChI=1S/C20H16FN5O3/c21-14-6-3-5-13(11-14)19(28)23-12-17(27)24-25-18-15-7-1-2-8-16(15)26(20(18)29)10-4-9-22/h1-3,5-8,11,29H,4,10,12H2,(H,23,28). The molecule has 0 saturated carbocycles. The minimum absolute atomic E-state index is 0.0768. The highest BCUT2D eigenvalue weighted by Crippen LogP contribution is 2.38. The molecule has 9 heteroatoms. The number of aromatic nitrogens is 1. The summed E-state index contributed by atoms with van der Waals surface area (Å²) in [5.74, 6) is -2.14. The van der Waals surface area contributed by atoms with Crippen LogP contribution in [0, 0.1) is 17.1 Å². The van der Waals surface area contributed by atoms with E-state index in [1.165, 1.54) is 22.8 Å². The van der Waals surface area contributed by atoms with Gasteiger partial charge in [0.2, 0.25) is 5.88 Å². The van der Waals surface area contributed by atoms with E-state index in [4.69, 9.17) is 5.26 Å². The van der Waals surface area contributed by atoms with Crippen LogP contribution in [-0.2, 0) is 11.3 Å². The first-order valence-electron chi connectivity index (χ1n) is 8.66. The van der Waals surface area contributed by atoms with Crippen LogP contribution in [0.5, 0.6) is 5.88 Å². The first-order valence-corrected chi connectivity index (χ1v) is 8.66. The van der Waals surface area contributed by atoms with Crippen molar-refractivity contribution < 1.29 is 19.1 Å². The van der Waals surface area contributed by atoms with Crippen molar-refractivity contribution >= 4 is 28.4 Å². The number of aryl methyl sites for hydroxylation is 1. The quantitative estimate of drug-likeness (QED) is 0.623. The average molecular weight is 393 g/mol. The number of azo groups is 1. The first-order chi connectivity index (χ1) is 14.0. The molecule has 0 spiro atoms. The number of para-hydroxylation sites is 1. The number of rotatable bonds is 6. The molecule has 3 aromatic rings. The molecule has 2 N–H and O–H groups in total. The second kappa shape index (κ2) is 8.75. The monoisotopic (exact) mass is 393 g/mol. The molecule has 0 saturated heterocycles. The summed E-state index contributed by atoms with van der Waals surface area (Å²) in [6.45, 7) is -0.178. The molecular weight excluding hydrogens is 377 g/mol. The Morgan fingerprint density at radius 2 is 2.00 bits per heavy atom. The highest BCUT2D eigenvalue weighted by molar-refractivity contribution is 5.97. The number of halogens is 1. The number of nitrogens with one attached hydrogen (secondary N) is 1. The van der Waals surface area contributed by atoms with Crippen molar-refractivity contribution in [3.05, 3.63) is 59.9 Å². The van der Waals surface area contributed by atoms with Crippen molar-refractivity contribution in [1.29, 1.82) is 5.26 Å². The summed E-state index contributed by atoms with van der Waals surface area (Å²) in [5.41, 5.74) is 0.831. The van der Waals surface area contributed by atoms with Crippen LogP contribution in [-0.4, -0.2) is 28.0 Å². The lowest BCUT2D eigenvalue weighted by Gasteiger charge is -2.03. The number of nitrogens with zero attached hydrogens (tertiary/aromatic N) is 4. The number of aromatic hydroxyl groups is 1. The van der Waals surface area contributed by atoms with Crippen LogP contribution in [0.3, 0.4) is 0 Å². The van der Waals surface area contributed by atoms with E-state index in [1.807, 2.05) is 6.07 Å². The topological polar surface area (TPSA) is 120 Å². The van der Waals surface area contributed by atoms with E-state index in [9.17, 15) is 19.1 Å². The van der Waals surface area contributed by atoms with Gasteiger partial charge in [-0.2, -0.15) is 5.26 Å². The molecule has 2 aromatic carbocycles. The molecule has 0 aliphatic heterocycles. The lowest BCUT2D eigenvalue weighted by atomic mass is 10.2. The number of fused-ring (bicyclic) bond motifs is 1. The summed E-state index contributed by atoms with van der Waals surface area (Å²) < 4.78 is 14.7. The molecule has 146 valence electrons. The van der Waals surface area contributed by atoms with Crippen molar-refractivity contribution in [1.82, 2.24) is 9.88 Å². The second-order valence-electron chi connectivity index (χ2n) is 6.04. The molecule has 0 fully saturated rings. The Bertz CT molecular complexity index is 1150. The lowest BCUT2D eigenvalue weighted by molar-refractivity contribution is -0.117. The van der Waals surface area contributed by atoms with E-state index >= 15 is 0 Å². The van der Waals surface area contributed by atoms with Crippen molar-refractivity contribution in [2.45, 2.75) is 13.0 Å². The zero-order chi connectivity index (χ0) is 20.8. The SMILES string of the molecule is N#CCCn1c(O)c(N=NC(=O)CNC(=O)c2cccc(F)c2)c2ccccc21. The van der Waals surface area contributed by atoms with Crippen LogP contribution >= 0.6 is 0 Å². The highest BCUT2D eigenvalue weighted by atomic mass is 19.1. The summed E-state index contributed by atoms with van der Waals surface area (Å²) in [5, 5.41) is 29.5. The molecule has 3 rings (SSSR count). The Balaban J connectivity index is 1.73. The summed E-state index contributed by atoms with van der Waals surface area (Å²) in [7, 11) is 0. The van der Waals surface area contributed by atoms with Crippen molar-refractivity contribution in [3.63, 3.8) is 0 Å². The molecule has 1 aromatic heterocycles.